The molecule has 2 saturated carbocycles. The van der Waals surface area contributed by atoms with Gasteiger partial charge in [0.25, 0.3) is 0 Å². The van der Waals surface area contributed by atoms with Crippen molar-refractivity contribution < 1.29 is 4.79 Å². The smallest absolute Gasteiger partial charge is 0.184 e. The highest BCUT2D eigenvalue weighted by molar-refractivity contribution is 6.47. The summed E-state index contributed by atoms with van der Waals surface area (Å²) in [6.07, 6.45) is 15.3. The van der Waals surface area contributed by atoms with Gasteiger partial charge in [0.1, 0.15) is 5.71 Å². The zero-order valence-electron chi connectivity index (χ0n) is 18.0. The van der Waals surface area contributed by atoms with E-state index < -0.39 is 0 Å². The molecule has 0 spiro atoms. The number of hydrogen-bond donors (Lipinski definition) is 2. The number of nitrogens with one attached hydrogen (secondary N) is 2. The second-order valence-electron chi connectivity index (χ2n) is 8.91. The van der Waals surface area contributed by atoms with Crippen LogP contribution in [0.1, 0.15) is 45.4 Å². The third-order valence-corrected chi connectivity index (χ3v) is 6.87. The van der Waals surface area contributed by atoms with Gasteiger partial charge in [-0.2, -0.15) is 0 Å². The first kappa shape index (κ1) is 20.1. The maximum Gasteiger partial charge on any atom is 0.184 e. The third kappa shape index (κ3) is 4.11. The van der Waals surface area contributed by atoms with Crippen molar-refractivity contribution in [1.29, 1.82) is 0 Å². The molecule has 0 bridgehead atoms. The van der Waals surface area contributed by atoms with Crippen LogP contribution in [-0.4, -0.2) is 49.6 Å². The highest BCUT2D eigenvalue weighted by atomic mass is 16.1. The standard InChI is InChI=1S/C24H34N4O/c1-16-12-17(15-28(3)23(16)18-6-4-7-18)13-26-14-20-21(25-2)10-11-27-22(20)24(29)19-8-5-9-19/h10-12,14,18-19,21,25-26H,4-9,13,15H2,1-3H3/b20-14+. The second-order valence-corrected chi connectivity index (χ2v) is 8.91. The van der Waals surface area contributed by atoms with Gasteiger partial charge in [-0.1, -0.05) is 18.9 Å². The topological polar surface area (TPSA) is 56.7 Å². The lowest BCUT2D eigenvalue weighted by molar-refractivity contribution is -0.118. The molecule has 2 N–H and O–H groups in total. The summed E-state index contributed by atoms with van der Waals surface area (Å²) < 4.78 is 0. The van der Waals surface area contributed by atoms with Crippen LogP contribution in [0, 0.1) is 11.8 Å². The number of aliphatic imine (C=N–C) groups is 1. The molecule has 0 amide bonds. The second kappa shape index (κ2) is 8.70. The van der Waals surface area contributed by atoms with E-state index in [0.717, 1.165) is 43.8 Å². The van der Waals surface area contributed by atoms with E-state index >= 15 is 0 Å². The number of ketones is 1. The molecule has 1 atom stereocenters. The highest BCUT2D eigenvalue weighted by Gasteiger charge is 2.33. The van der Waals surface area contributed by atoms with Crippen LogP contribution in [0.25, 0.3) is 0 Å². The van der Waals surface area contributed by atoms with E-state index in [2.05, 4.69) is 40.6 Å². The molecule has 0 aromatic rings. The number of Topliss-reactive ketones (excluding diaryl/α,β-unsaturated/α-hetero) is 1. The summed E-state index contributed by atoms with van der Waals surface area (Å²) in [6.45, 7) is 4.00. The molecule has 4 rings (SSSR count). The van der Waals surface area contributed by atoms with E-state index in [0.29, 0.717) is 5.71 Å². The minimum absolute atomic E-state index is 0.0221. The first-order valence-corrected chi connectivity index (χ1v) is 11.1. The summed E-state index contributed by atoms with van der Waals surface area (Å²) in [6, 6.07) is 0.0221. The maximum atomic E-state index is 12.9. The zero-order chi connectivity index (χ0) is 20.4. The van der Waals surface area contributed by atoms with E-state index in [4.69, 9.17) is 0 Å². The maximum absolute atomic E-state index is 12.9. The molecule has 5 nitrogen and oxygen atoms in total. The average Bonchev–Trinajstić information content (AvgIpc) is 2.61. The Labute approximate surface area is 174 Å². The Balaban J connectivity index is 1.45. The van der Waals surface area contributed by atoms with Crippen molar-refractivity contribution in [3.8, 4) is 0 Å². The molecule has 4 aliphatic rings. The molecule has 0 aromatic carbocycles. The molecule has 29 heavy (non-hydrogen) atoms. The van der Waals surface area contributed by atoms with Gasteiger partial charge in [0, 0.05) is 49.7 Å². The fourth-order valence-electron chi connectivity index (χ4n) is 4.84. The summed E-state index contributed by atoms with van der Waals surface area (Å²) in [7, 11) is 4.14. The molecular formula is C24H34N4O. The van der Waals surface area contributed by atoms with E-state index in [1.54, 1.807) is 6.20 Å². The first-order chi connectivity index (χ1) is 14.1. The van der Waals surface area contributed by atoms with Crippen molar-refractivity contribution >= 4 is 11.5 Å². The van der Waals surface area contributed by atoms with Gasteiger partial charge in [-0.3, -0.25) is 9.79 Å². The average molecular weight is 395 g/mol. The van der Waals surface area contributed by atoms with Crippen LogP contribution < -0.4 is 10.6 Å². The molecule has 2 aliphatic heterocycles. The highest BCUT2D eigenvalue weighted by Crippen LogP contribution is 2.38. The Kier molecular flexibility index (Phi) is 6.04. The number of nitrogens with zero attached hydrogens (tertiary/aromatic N) is 2. The lowest BCUT2D eigenvalue weighted by Crippen LogP contribution is -2.39. The Morgan fingerprint density at radius 3 is 2.62 bits per heavy atom. The molecular weight excluding hydrogens is 360 g/mol. The Morgan fingerprint density at radius 1 is 1.28 bits per heavy atom. The zero-order valence-corrected chi connectivity index (χ0v) is 18.0. The number of carbonyl (C=O) groups is 1. The molecule has 5 heteroatoms. The van der Waals surface area contributed by atoms with E-state index in [1.807, 2.05) is 19.3 Å². The van der Waals surface area contributed by atoms with Crippen LogP contribution in [0.4, 0.5) is 0 Å². The summed E-state index contributed by atoms with van der Waals surface area (Å²) in [5.74, 6) is 1.12. The molecule has 2 heterocycles. The van der Waals surface area contributed by atoms with Gasteiger partial charge in [0.15, 0.2) is 5.78 Å². The normalized spacial score (nSPS) is 26.8. The van der Waals surface area contributed by atoms with Crippen molar-refractivity contribution in [3.63, 3.8) is 0 Å². The van der Waals surface area contributed by atoms with Gasteiger partial charge in [-0.25, -0.2) is 0 Å². The SMILES string of the molecule is CNC1C=CN=C(C(=O)C2CCC2)/C1=C/NCC1=CC(C)=C(C2CCC2)N(C)C1. The van der Waals surface area contributed by atoms with Crippen LogP contribution in [-0.2, 0) is 4.79 Å². The van der Waals surface area contributed by atoms with Crippen LogP contribution in [0.15, 0.2) is 52.0 Å². The van der Waals surface area contributed by atoms with E-state index in [-0.39, 0.29) is 17.7 Å². The molecule has 2 fully saturated rings. The van der Waals surface area contributed by atoms with Gasteiger partial charge in [0.2, 0.25) is 0 Å². The van der Waals surface area contributed by atoms with Gasteiger partial charge in [-0.15, -0.1) is 0 Å². The third-order valence-electron chi connectivity index (χ3n) is 6.87. The lowest BCUT2D eigenvalue weighted by atomic mass is 9.78. The van der Waals surface area contributed by atoms with Crippen molar-refractivity contribution in [1.82, 2.24) is 15.5 Å². The summed E-state index contributed by atoms with van der Waals surface area (Å²) in [4.78, 5) is 19.7. The lowest BCUT2D eigenvalue weighted by Gasteiger charge is -2.38. The molecule has 1 unspecified atom stereocenters. The Morgan fingerprint density at radius 2 is 2.03 bits per heavy atom. The van der Waals surface area contributed by atoms with Crippen molar-refractivity contribution in [2.24, 2.45) is 16.8 Å². The predicted octanol–water partition coefficient (Wildman–Crippen LogP) is 3.33. The minimum atomic E-state index is 0.0221. The van der Waals surface area contributed by atoms with E-state index in [9.17, 15) is 4.79 Å². The Bertz CT molecular complexity index is 809. The minimum Gasteiger partial charge on any atom is -0.387 e. The largest absolute Gasteiger partial charge is 0.387 e. The monoisotopic (exact) mass is 394 g/mol. The number of likely N-dealkylation sites (N-methyl/N-ethyl adjacent to an activating group) is 2. The number of allylic oxidation sites excluding steroid dienone is 3. The predicted molar refractivity (Wildman–Crippen MR) is 119 cm³/mol. The van der Waals surface area contributed by atoms with Crippen molar-refractivity contribution in [2.75, 3.05) is 27.2 Å². The van der Waals surface area contributed by atoms with Crippen LogP contribution in [0.3, 0.4) is 0 Å². The van der Waals surface area contributed by atoms with E-state index in [1.165, 1.54) is 36.1 Å². The first-order valence-electron chi connectivity index (χ1n) is 11.1. The molecule has 156 valence electrons. The summed E-state index contributed by atoms with van der Waals surface area (Å²) >= 11 is 0. The van der Waals surface area contributed by atoms with Crippen LogP contribution in [0.5, 0.6) is 0 Å². The van der Waals surface area contributed by atoms with Gasteiger partial charge in [0.05, 0.1) is 6.04 Å². The molecule has 0 aromatic heterocycles. The summed E-state index contributed by atoms with van der Waals surface area (Å²) in [5, 5.41) is 6.76. The number of hydrogen-bond acceptors (Lipinski definition) is 5. The summed E-state index contributed by atoms with van der Waals surface area (Å²) in [5.41, 5.74) is 5.90. The number of carbonyl (C=O) groups excluding carboxylic acids is 1. The quantitative estimate of drug-likeness (QED) is 0.695. The van der Waals surface area contributed by atoms with Gasteiger partial charge < -0.3 is 15.5 Å². The Hall–Kier alpha value is -2.14. The molecule has 0 saturated heterocycles. The molecule has 2 aliphatic carbocycles. The fraction of sp³-hybridized carbons (Fsp3) is 0.583. The van der Waals surface area contributed by atoms with Gasteiger partial charge in [-0.05, 0) is 62.8 Å². The van der Waals surface area contributed by atoms with Gasteiger partial charge >= 0.3 is 0 Å². The van der Waals surface area contributed by atoms with Crippen LogP contribution in [0.2, 0.25) is 0 Å². The van der Waals surface area contributed by atoms with Crippen LogP contribution >= 0.6 is 0 Å². The molecule has 0 radical (unpaired) electrons. The van der Waals surface area contributed by atoms with Crippen molar-refractivity contribution in [2.45, 2.75) is 51.5 Å². The number of rotatable bonds is 7. The van der Waals surface area contributed by atoms with Crippen molar-refractivity contribution in [3.05, 3.63) is 47.0 Å². The fourth-order valence-corrected chi connectivity index (χ4v) is 4.84.